The molecule has 2 atom stereocenters. The summed E-state index contributed by atoms with van der Waals surface area (Å²) in [6.45, 7) is 3.54. The van der Waals surface area contributed by atoms with Crippen LogP contribution < -0.4 is 5.32 Å². The minimum atomic E-state index is -0.279. The number of rotatable bonds is 3. The fourth-order valence-corrected chi connectivity index (χ4v) is 2.54. The second-order valence-corrected chi connectivity index (χ2v) is 5.14. The van der Waals surface area contributed by atoms with Crippen LogP contribution in [0.1, 0.15) is 26.7 Å². The fraction of sp³-hybridized carbons (Fsp3) is 0.615. The lowest BCUT2D eigenvalue weighted by Gasteiger charge is -2.15. The Balaban J connectivity index is 2.04. The third-order valence-electron chi connectivity index (χ3n) is 3.35. The van der Waals surface area contributed by atoms with Gasteiger partial charge >= 0.3 is 0 Å². The molecule has 1 heterocycles. The second kappa shape index (κ2) is 4.92. The van der Waals surface area contributed by atoms with Crippen molar-refractivity contribution in [2.75, 3.05) is 6.54 Å². The van der Waals surface area contributed by atoms with Crippen molar-refractivity contribution in [2.45, 2.75) is 32.7 Å². The molecular formula is C13H18N2O3. The number of carbonyl (C=O) groups is 3. The highest BCUT2D eigenvalue weighted by molar-refractivity contribution is 6.07. The smallest absolute Gasteiger partial charge is 0.240 e. The molecule has 0 aromatic rings. The first-order valence-electron chi connectivity index (χ1n) is 6.30. The first-order valence-corrected chi connectivity index (χ1v) is 6.30. The van der Waals surface area contributed by atoms with Crippen LogP contribution in [0.3, 0.4) is 0 Å². The van der Waals surface area contributed by atoms with Crippen molar-refractivity contribution in [3.63, 3.8) is 0 Å². The Labute approximate surface area is 106 Å². The summed E-state index contributed by atoms with van der Waals surface area (Å²) in [6, 6.07) is 0.00857. The average molecular weight is 250 g/mol. The van der Waals surface area contributed by atoms with Gasteiger partial charge in [-0.05, 0) is 26.7 Å². The molecule has 0 aromatic carbocycles. The maximum atomic E-state index is 12.1. The van der Waals surface area contributed by atoms with E-state index in [1.54, 1.807) is 0 Å². The molecular weight excluding hydrogens is 232 g/mol. The SMILES string of the molecule is CC(C)NC(=O)CN1C(=O)[C@H]2CC=CC[C@@H]2C1=O. The minimum Gasteiger partial charge on any atom is -0.352 e. The van der Waals surface area contributed by atoms with Crippen molar-refractivity contribution in [1.82, 2.24) is 10.2 Å². The highest BCUT2D eigenvalue weighted by Gasteiger charge is 2.47. The Hall–Kier alpha value is -1.65. The predicted molar refractivity (Wildman–Crippen MR) is 65.4 cm³/mol. The van der Waals surface area contributed by atoms with Crippen LogP contribution in [0.4, 0.5) is 0 Å². The Bertz CT molecular complexity index is 388. The molecule has 0 bridgehead atoms. The quantitative estimate of drug-likeness (QED) is 0.584. The summed E-state index contributed by atoms with van der Waals surface area (Å²) in [5.74, 6) is -1.19. The molecule has 1 saturated heterocycles. The normalized spacial score (nSPS) is 26.7. The zero-order valence-electron chi connectivity index (χ0n) is 10.7. The first kappa shape index (κ1) is 12.8. The van der Waals surface area contributed by atoms with Crippen LogP contribution in [-0.4, -0.2) is 35.2 Å². The summed E-state index contributed by atoms with van der Waals surface area (Å²) in [6.07, 6.45) is 5.09. The molecule has 1 aliphatic heterocycles. The molecule has 2 rings (SSSR count). The van der Waals surface area contributed by atoms with Gasteiger partial charge in [0.05, 0.1) is 11.8 Å². The van der Waals surface area contributed by atoms with Gasteiger partial charge in [-0.3, -0.25) is 19.3 Å². The van der Waals surface area contributed by atoms with Gasteiger partial charge in [-0.2, -0.15) is 0 Å². The Kier molecular flexibility index (Phi) is 3.50. The molecule has 0 unspecified atom stereocenters. The minimum absolute atomic E-state index is 0.00857. The average Bonchev–Trinajstić information content (AvgIpc) is 2.54. The van der Waals surface area contributed by atoms with E-state index in [4.69, 9.17) is 0 Å². The van der Waals surface area contributed by atoms with Crippen LogP contribution in [0.2, 0.25) is 0 Å². The van der Waals surface area contributed by atoms with Crippen LogP contribution in [-0.2, 0) is 14.4 Å². The summed E-state index contributed by atoms with van der Waals surface area (Å²) in [5, 5.41) is 2.69. The van der Waals surface area contributed by atoms with Crippen LogP contribution in [0.5, 0.6) is 0 Å². The lowest BCUT2D eigenvalue weighted by molar-refractivity contribution is -0.143. The highest BCUT2D eigenvalue weighted by atomic mass is 16.2. The molecule has 1 N–H and O–H groups in total. The van der Waals surface area contributed by atoms with Crippen LogP contribution >= 0.6 is 0 Å². The van der Waals surface area contributed by atoms with Gasteiger partial charge in [-0.1, -0.05) is 12.2 Å². The number of carbonyl (C=O) groups excluding carboxylic acids is 3. The van der Waals surface area contributed by atoms with E-state index < -0.39 is 0 Å². The third kappa shape index (κ3) is 2.30. The van der Waals surface area contributed by atoms with E-state index in [0.29, 0.717) is 12.8 Å². The largest absolute Gasteiger partial charge is 0.352 e. The molecule has 3 amide bonds. The van der Waals surface area contributed by atoms with Crippen LogP contribution in [0.25, 0.3) is 0 Å². The number of imide groups is 1. The monoisotopic (exact) mass is 250 g/mol. The molecule has 1 fully saturated rings. The van der Waals surface area contributed by atoms with Crippen molar-refractivity contribution in [1.29, 1.82) is 0 Å². The predicted octanol–water partition coefficient (Wildman–Crippen LogP) is 0.462. The van der Waals surface area contributed by atoms with Crippen LogP contribution in [0, 0.1) is 11.8 Å². The molecule has 1 aliphatic carbocycles. The maximum absolute atomic E-state index is 12.1. The topological polar surface area (TPSA) is 66.5 Å². The van der Waals surface area contributed by atoms with Gasteiger partial charge in [0.15, 0.2) is 0 Å². The lowest BCUT2D eigenvalue weighted by atomic mass is 9.85. The molecule has 98 valence electrons. The van der Waals surface area contributed by atoms with Gasteiger partial charge in [-0.15, -0.1) is 0 Å². The summed E-state index contributed by atoms with van der Waals surface area (Å²) >= 11 is 0. The molecule has 0 radical (unpaired) electrons. The number of hydrogen-bond acceptors (Lipinski definition) is 3. The molecule has 18 heavy (non-hydrogen) atoms. The van der Waals surface area contributed by atoms with Gasteiger partial charge in [0.1, 0.15) is 6.54 Å². The number of hydrogen-bond donors (Lipinski definition) is 1. The van der Waals surface area contributed by atoms with Crippen molar-refractivity contribution >= 4 is 17.7 Å². The number of nitrogens with zero attached hydrogens (tertiary/aromatic N) is 1. The fourth-order valence-electron chi connectivity index (χ4n) is 2.54. The Morgan fingerprint density at radius 2 is 1.78 bits per heavy atom. The van der Waals surface area contributed by atoms with Crippen molar-refractivity contribution in [3.05, 3.63) is 12.2 Å². The van der Waals surface area contributed by atoms with Crippen molar-refractivity contribution in [3.8, 4) is 0 Å². The van der Waals surface area contributed by atoms with E-state index in [9.17, 15) is 14.4 Å². The first-order chi connectivity index (χ1) is 8.50. The number of amides is 3. The number of nitrogens with one attached hydrogen (secondary N) is 1. The summed E-state index contributed by atoms with van der Waals surface area (Å²) in [4.78, 5) is 36.9. The van der Waals surface area contributed by atoms with Gasteiger partial charge in [-0.25, -0.2) is 0 Å². The van der Waals surface area contributed by atoms with E-state index in [2.05, 4.69) is 5.32 Å². The maximum Gasteiger partial charge on any atom is 0.240 e. The molecule has 2 aliphatic rings. The molecule has 0 saturated carbocycles. The highest BCUT2D eigenvalue weighted by Crippen LogP contribution is 2.34. The second-order valence-electron chi connectivity index (χ2n) is 5.14. The molecule has 5 nitrogen and oxygen atoms in total. The zero-order valence-corrected chi connectivity index (χ0v) is 10.7. The Morgan fingerprint density at radius 3 is 2.22 bits per heavy atom. The zero-order chi connectivity index (χ0) is 13.3. The van der Waals surface area contributed by atoms with Gasteiger partial charge in [0.2, 0.25) is 17.7 Å². The van der Waals surface area contributed by atoms with E-state index in [1.165, 1.54) is 0 Å². The molecule has 5 heteroatoms. The van der Waals surface area contributed by atoms with Gasteiger partial charge in [0, 0.05) is 6.04 Å². The van der Waals surface area contributed by atoms with Crippen molar-refractivity contribution in [2.24, 2.45) is 11.8 Å². The van der Waals surface area contributed by atoms with E-state index in [-0.39, 0.29) is 42.1 Å². The van der Waals surface area contributed by atoms with Gasteiger partial charge < -0.3 is 5.32 Å². The van der Waals surface area contributed by atoms with Crippen LogP contribution in [0.15, 0.2) is 12.2 Å². The van der Waals surface area contributed by atoms with E-state index >= 15 is 0 Å². The Morgan fingerprint density at radius 1 is 1.28 bits per heavy atom. The summed E-state index contributed by atoms with van der Waals surface area (Å²) < 4.78 is 0. The summed E-state index contributed by atoms with van der Waals surface area (Å²) in [7, 11) is 0. The van der Waals surface area contributed by atoms with E-state index in [0.717, 1.165) is 4.90 Å². The number of allylic oxidation sites excluding steroid dienone is 2. The standard InChI is InChI=1S/C13H18N2O3/c1-8(2)14-11(16)7-15-12(17)9-5-3-4-6-10(9)13(15)18/h3-4,8-10H,5-7H2,1-2H3,(H,14,16)/t9-,10-/m0/s1. The van der Waals surface area contributed by atoms with Crippen molar-refractivity contribution < 1.29 is 14.4 Å². The third-order valence-corrected chi connectivity index (χ3v) is 3.35. The van der Waals surface area contributed by atoms with Gasteiger partial charge in [0.25, 0.3) is 0 Å². The summed E-state index contributed by atoms with van der Waals surface area (Å²) in [5.41, 5.74) is 0. The van der Waals surface area contributed by atoms with E-state index in [1.807, 2.05) is 26.0 Å². The number of fused-ring (bicyclic) bond motifs is 1. The molecule has 0 aromatic heterocycles. The number of likely N-dealkylation sites (tertiary alicyclic amines) is 1. The lowest BCUT2D eigenvalue weighted by Crippen LogP contribution is -2.43. The molecule has 0 spiro atoms.